The maximum absolute atomic E-state index is 5.19. The van der Waals surface area contributed by atoms with Crippen molar-refractivity contribution >= 4 is 49.2 Å². The van der Waals surface area contributed by atoms with Crippen LogP contribution < -0.4 is 0 Å². The van der Waals surface area contributed by atoms with Crippen molar-refractivity contribution in [1.82, 2.24) is 19.1 Å². The molecule has 4 heteroatoms. The van der Waals surface area contributed by atoms with Gasteiger partial charge in [-0.1, -0.05) is 128 Å². The number of allylic oxidation sites excluding steroid dienone is 5. The number of benzene rings is 6. The van der Waals surface area contributed by atoms with Crippen molar-refractivity contribution in [2.24, 2.45) is 0 Å². The highest BCUT2D eigenvalue weighted by molar-refractivity contribution is 6.20. The van der Waals surface area contributed by atoms with Gasteiger partial charge in [0.25, 0.3) is 0 Å². The summed E-state index contributed by atoms with van der Waals surface area (Å²) in [4.78, 5) is 10.3. The number of nitrogens with zero attached hydrogens (tertiary/aromatic N) is 4. The predicted molar refractivity (Wildman–Crippen MR) is 215 cm³/mol. The van der Waals surface area contributed by atoms with Crippen LogP contribution in [0.5, 0.6) is 0 Å². The number of para-hydroxylation sites is 3. The van der Waals surface area contributed by atoms with Gasteiger partial charge in [0.05, 0.1) is 27.8 Å². The van der Waals surface area contributed by atoms with Crippen LogP contribution in [0.3, 0.4) is 0 Å². The third-order valence-electron chi connectivity index (χ3n) is 9.65. The second-order valence-corrected chi connectivity index (χ2v) is 12.6. The molecule has 0 unspecified atom stereocenters. The smallest absolute Gasteiger partial charge is 0.160 e. The standard InChI is InChI=1S/C47H34N4/c1-3-5-17-32(4-2)44-39-24-15-16-25-42(39)48-47(49-44)34-26-29-43-40(30-34)37-27-28-38-41(33-18-9-6-10-19-33)31-50(35-20-11-7-12-21-35)45(38)46(37)51(43)36-22-13-8-14-23-36/h3-31H,2H2,1H3/b5-3-,32-17+. The maximum Gasteiger partial charge on any atom is 0.160 e. The van der Waals surface area contributed by atoms with E-state index in [1.54, 1.807) is 0 Å². The fraction of sp³-hybridized carbons (Fsp3) is 0.0213. The van der Waals surface area contributed by atoms with Crippen LogP contribution in [-0.2, 0) is 0 Å². The molecule has 9 rings (SSSR count). The molecule has 3 aromatic heterocycles. The summed E-state index contributed by atoms with van der Waals surface area (Å²) in [6.07, 6.45) is 10.2. The largest absolute Gasteiger partial charge is 0.314 e. The van der Waals surface area contributed by atoms with Crippen LogP contribution in [0.25, 0.3) is 83.1 Å². The Morgan fingerprint density at radius 1 is 0.608 bits per heavy atom. The van der Waals surface area contributed by atoms with Crippen LogP contribution in [0.4, 0.5) is 0 Å². The molecular weight excluding hydrogens is 621 g/mol. The van der Waals surface area contributed by atoms with Gasteiger partial charge >= 0.3 is 0 Å². The van der Waals surface area contributed by atoms with E-state index < -0.39 is 0 Å². The maximum atomic E-state index is 5.19. The van der Waals surface area contributed by atoms with E-state index in [1.165, 1.54) is 21.9 Å². The van der Waals surface area contributed by atoms with E-state index in [1.807, 2.05) is 37.3 Å². The van der Waals surface area contributed by atoms with E-state index in [9.17, 15) is 0 Å². The summed E-state index contributed by atoms with van der Waals surface area (Å²) in [6, 6.07) is 51.4. The van der Waals surface area contributed by atoms with E-state index >= 15 is 0 Å². The quantitative estimate of drug-likeness (QED) is 0.160. The van der Waals surface area contributed by atoms with Gasteiger partial charge in [-0.25, -0.2) is 9.97 Å². The number of aromatic nitrogens is 4. The lowest BCUT2D eigenvalue weighted by Crippen LogP contribution is -1.98. The van der Waals surface area contributed by atoms with Gasteiger partial charge in [0.15, 0.2) is 5.82 Å². The highest BCUT2D eigenvalue weighted by atomic mass is 15.0. The summed E-state index contributed by atoms with van der Waals surface area (Å²) in [6.45, 7) is 6.12. The van der Waals surface area contributed by atoms with Gasteiger partial charge in [-0.05, 0) is 61.0 Å². The topological polar surface area (TPSA) is 35.6 Å². The second-order valence-electron chi connectivity index (χ2n) is 12.6. The van der Waals surface area contributed by atoms with E-state index in [4.69, 9.17) is 9.97 Å². The van der Waals surface area contributed by atoms with E-state index in [-0.39, 0.29) is 0 Å². The molecule has 0 aliphatic carbocycles. The Balaban J connectivity index is 1.37. The molecule has 0 atom stereocenters. The monoisotopic (exact) mass is 654 g/mol. The molecule has 51 heavy (non-hydrogen) atoms. The number of hydrogen-bond donors (Lipinski definition) is 0. The summed E-state index contributed by atoms with van der Waals surface area (Å²) in [5.74, 6) is 0.680. The second kappa shape index (κ2) is 12.6. The summed E-state index contributed by atoms with van der Waals surface area (Å²) in [5.41, 5.74) is 11.7. The van der Waals surface area contributed by atoms with E-state index in [2.05, 4.69) is 161 Å². The molecule has 0 fully saturated rings. The lowest BCUT2D eigenvalue weighted by atomic mass is 10.0. The molecule has 9 aromatic rings. The molecule has 0 saturated carbocycles. The SMILES string of the molecule is C=C/C(=C\C=C/C)c1nc(-c2ccc3c(c2)c2ccc4c(-c5ccccc5)cn(-c5ccccc5)c4c2n3-c2ccccc2)nc2ccccc12. The lowest BCUT2D eigenvalue weighted by Gasteiger charge is -2.12. The van der Waals surface area contributed by atoms with Gasteiger partial charge in [0, 0.05) is 55.8 Å². The summed E-state index contributed by atoms with van der Waals surface area (Å²) >= 11 is 0. The van der Waals surface area contributed by atoms with Gasteiger partial charge < -0.3 is 9.13 Å². The Morgan fingerprint density at radius 3 is 2.04 bits per heavy atom. The lowest BCUT2D eigenvalue weighted by molar-refractivity contribution is 1.12. The molecule has 0 saturated heterocycles. The molecule has 0 amide bonds. The molecule has 242 valence electrons. The van der Waals surface area contributed by atoms with E-state index in [0.717, 1.165) is 61.0 Å². The molecule has 0 bridgehead atoms. The highest BCUT2D eigenvalue weighted by Gasteiger charge is 2.22. The summed E-state index contributed by atoms with van der Waals surface area (Å²) in [5, 5.41) is 4.50. The van der Waals surface area contributed by atoms with Crippen molar-refractivity contribution in [3.05, 3.63) is 188 Å². The van der Waals surface area contributed by atoms with Crippen molar-refractivity contribution in [3.63, 3.8) is 0 Å². The fourth-order valence-corrected chi connectivity index (χ4v) is 7.31. The molecule has 4 nitrogen and oxygen atoms in total. The van der Waals surface area contributed by atoms with Gasteiger partial charge in [-0.3, -0.25) is 0 Å². The first-order valence-corrected chi connectivity index (χ1v) is 17.2. The third kappa shape index (κ3) is 5.08. The molecule has 3 heterocycles. The molecule has 0 radical (unpaired) electrons. The average molecular weight is 655 g/mol. The number of rotatable bonds is 7. The first-order valence-electron chi connectivity index (χ1n) is 17.2. The molecule has 0 aliphatic rings. The molecule has 0 spiro atoms. The first kappa shape index (κ1) is 30.3. The molecule has 0 N–H and O–H groups in total. The number of hydrogen-bond acceptors (Lipinski definition) is 2. The van der Waals surface area contributed by atoms with Crippen LogP contribution in [0.15, 0.2) is 183 Å². The minimum absolute atomic E-state index is 0.680. The predicted octanol–water partition coefficient (Wildman–Crippen LogP) is 12.2. The zero-order valence-corrected chi connectivity index (χ0v) is 28.2. The Hall–Kier alpha value is -6.78. The average Bonchev–Trinajstić information content (AvgIpc) is 3.75. The van der Waals surface area contributed by atoms with Crippen molar-refractivity contribution in [3.8, 4) is 33.9 Å². The van der Waals surface area contributed by atoms with Crippen molar-refractivity contribution in [1.29, 1.82) is 0 Å². The fourth-order valence-electron chi connectivity index (χ4n) is 7.31. The zero-order valence-electron chi connectivity index (χ0n) is 28.2. The van der Waals surface area contributed by atoms with Crippen molar-refractivity contribution in [2.75, 3.05) is 0 Å². The highest BCUT2D eigenvalue weighted by Crippen LogP contribution is 2.42. The van der Waals surface area contributed by atoms with Crippen LogP contribution in [0, 0.1) is 0 Å². The van der Waals surface area contributed by atoms with Crippen LogP contribution in [-0.4, -0.2) is 19.1 Å². The minimum atomic E-state index is 0.680. The number of fused-ring (bicyclic) bond motifs is 6. The Kier molecular flexibility index (Phi) is 7.48. The Morgan fingerprint density at radius 2 is 1.29 bits per heavy atom. The van der Waals surface area contributed by atoms with Crippen molar-refractivity contribution in [2.45, 2.75) is 6.92 Å². The van der Waals surface area contributed by atoms with Gasteiger partial charge in [0.1, 0.15) is 0 Å². The zero-order chi connectivity index (χ0) is 34.3. The Labute approximate surface area is 296 Å². The normalized spacial score (nSPS) is 12.1. The van der Waals surface area contributed by atoms with Gasteiger partial charge in [-0.15, -0.1) is 0 Å². The molecule has 0 aliphatic heterocycles. The van der Waals surface area contributed by atoms with Crippen LogP contribution >= 0.6 is 0 Å². The third-order valence-corrected chi connectivity index (χ3v) is 9.65. The van der Waals surface area contributed by atoms with Crippen LogP contribution in [0.2, 0.25) is 0 Å². The minimum Gasteiger partial charge on any atom is -0.314 e. The molecule has 6 aromatic carbocycles. The van der Waals surface area contributed by atoms with Gasteiger partial charge in [-0.2, -0.15) is 0 Å². The van der Waals surface area contributed by atoms with Crippen LogP contribution in [0.1, 0.15) is 12.6 Å². The summed E-state index contributed by atoms with van der Waals surface area (Å²) in [7, 11) is 0. The molecular formula is C47H34N4. The van der Waals surface area contributed by atoms with Gasteiger partial charge in [0.2, 0.25) is 0 Å². The first-order chi connectivity index (χ1) is 25.2. The summed E-state index contributed by atoms with van der Waals surface area (Å²) < 4.78 is 4.76. The van der Waals surface area contributed by atoms with Crippen molar-refractivity contribution < 1.29 is 0 Å². The van der Waals surface area contributed by atoms with E-state index in [0.29, 0.717) is 5.82 Å². The Bertz CT molecular complexity index is 2800.